The van der Waals surface area contributed by atoms with E-state index < -0.39 is 68.9 Å². The van der Waals surface area contributed by atoms with Gasteiger partial charge >= 0.3 is 0 Å². The van der Waals surface area contributed by atoms with Crippen LogP contribution in [-0.2, 0) is 54.3 Å². The van der Waals surface area contributed by atoms with Crippen molar-refractivity contribution >= 4 is 73.8 Å². The molecule has 6 atom stereocenters. The van der Waals surface area contributed by atoms with Gasteiger partial charge < -0.3 is 63.0 Å². The van der Waals surface area contributed by atoms with Crippen molar-refractivity contribution in [1.82, 2.24) is 45.9 Å². The number of thiophene rings is 1. The monoisotopic (exact) mass is 1480 g/mol. The molecule has 3 amide bonds. The summed E-state index contributed by atoms with van der Waals surface area (Å²) in [5.41, 5.74) is -0.0781. The minimum atomic E-state index is -1.17. The Morgan fingerprint density at radius 3 is 1.30 bits per heavy atom. The number of fused-ring (bicyclic) bond motifs is 3. The fourth-order valence-electron chi connectivity index (χ4n) is 12.2. The fraction of sp³-hybridized carbons (Fsp3) is 0.342. The Balaban J connectivity index is 0.000000169. The van der Waals surface area contributed by atoms with Crippen LogP contribution in [0.4, 0.5) is 26.3 Å². The molecule has 0 radical (unpaired) electrons. The molecular weight excluding hydrogens is 1400 g/mol. The van der Waals surface area contributed by atoms with Crippen molar-refractivity contribution < 1.29 is 102 Å². The zero-order chi connectivity index (χ0) is 75.3. The number of methoxy groups -OCH3 is 6. The van der Waals surface area contributed by atoms with E-state index in [1.807, 2.05) is 0 Å². The molecule has 12 rings (SSSR count). The smallest absolute Gasteiger partial charge is 0.243 e. The lowest BCUT2D eigenvalue weighted by atomic mass is 9.92. The normalized spacial score (nSPS) is 18.1. The minimum absolute atomic E-state index is 0.0374. The minimum Gasteiger partial charge on any atom is -0.494 e. The SMILES string of the molecule is C=CC(=O)NC1CCOCC1Cc1ncc2c(n1)C=C(C(=O)c1c(F)c(OC)cc(OC)c1F)C2.C=CC(=O)NC1CCOCC1Cc1ncc2oc(C(=O)c3c(F)c(OC)cc(OC)c3F)cc2n1.C=CC(=O)NC1CCOCC1Cc1ncc2sc(C(=O)c3c(F)c(OC)cc(OC)c3F)cc2n1. The summed E-state index contributed by atoms with van der Waals surface area (Å²) in [7, 11) is 7.24. The van der Waals surface area contributed by atoms with E-state index >= 15 is 0 Å². The largest absolute Gasteiger partial charge is 0.494 e. The lowest BCUT2D eigenvalue weighted by Crippen LogP contribution is -2.46. The zero-order valence-electron chi connectivity index (χ0n) is 57.6. The van der Waals surface area contributed by atoms with Crippen molar-refractivity contribution in [2.75, 3.05) is 82.3 Å². The lowest BCUT2D eigenvalue weighted by molar-refractivity contribution is -0.119. The molecule has 105 heavy (non-hydrogen) atoms. The van der Waals surface area contributed by atoms with Gasteiger partial charge in [-0.1, -0.05) is 19.7 Å². The number of Topliss-reactive ketones (excluding diaryl/α,β-unsaturated/α-hetero) is 1. The molecule has 0 bridgehead atoms. The third-order valence-electron chi connectivity index (χ3n) is 17.7. The molecule has 4 aliphatic rings. The molecule has 5 aromatic heterocycles. The Morgan fingerprint density at radius 2 is 0.876 bits per heavy atom. The number of ether oxygens (including phenoxy) is 9. The van der Waals surface area contributed by atoms with Gasteiger partial charge in [0.2, 0.25) is 29.3 Å². The third kappa shape index (κ3) is 17.3. The van der Waals surface area contributed by atoms with E-state index in [2.05, 4.69) is 65.6 Å². The Bertz CT molecular complexity index is 4440. The summed E-state index contributed by atoms with van der Waals surface area (Å²) in [4.78, 5) is 101. The molecule has 3 aromatic carbocycles. The fourth-order valence-corrected chi connectivity index (χ4v) is 13.1. The van der Waals surface area contributed by atoms with Crippen LogP contribution in [0.5, 0.6) is 34.5 Å². The van der Waals surface area contributed by atoms with Crippen molar-refractivity contribution in [1.29, 1.82) is 0 Å². The van der Waals surface area contributed by atoms with Crippen LogP contribution in [0.1, 0.15) is 89.7 Å². The highest BCUT2D eigenvalue weighted by Crippen LogP contribution is 2.39. The molecule has 25 nitrogen and oxygen atoms in total. The quantitative estimate of drug-likeness (QED) is 0.0288. The van der Waals surface area contributed by atoms with Crippen LogP contribution in [0.3, 0.4) is 0 Å². The van der Waals surface area contributed by atoms with Gasteiger partial charge in [-0.2, -0.15) is 0 Å². The van der Waals surface area contributed by atoms with Gasteiger partial charge in [0.05, 0.1) is 89.5 Å². The summed E-state index contributed by atoms with van der Waals surface area (Å²) >= 11 is 1.03. The number of nitrogens with one attached hydrogen (secondary N) is 3. The Hall–Kier alpha value is -11.0. The molecule has 3 N–H and O–H groups in total. The van der Waals surface area contributed by atoms with E-state index in [4.69, 9.17) is 47.0 Å². The number of allylic oxidation sites excluding steroid dienone is 1. The number of carbonyl (C=O) groups excluding carboxylic acids is 6. The molecule has 1 aliphatic carbocycles. The summed E-state index contributed by atoms with van der Waals surface area (Å²) in [5, 5.41) is 8.73. The third-order valence-corrected chi connectivity index (χ3v) is 18.8. The predicted molar refractivity (Wildman–Crippen MR) is 367 cm³/mol. The van der Waals surface area contributed by atoms with Gasteiger partial charge in [0, 0.05) is 129 Å². The predicted octanol–water partition coefficient (Wildman–Crippen LogP) is 9.31. The first-order valence-corrected chi connectivity index (χ1v) is 33.4. The highest BCUT2D eigenvalue weighted by molar-refractivity contribution is 7.20. The second-order valence-electron chi connectivity index (χ2n) is 24.1. The average molecular weight is 1480 g/mol. The number of carbonyl (C=O) groups is 6. The van der Waals surface area contributed by atoms with Crippen molar-refractivity contribution in [3.8, 4) is 34.5 Å². The molecule has 3 saturated heterocycles. The average Bonchev–Trinajstić information content (AvgIpc) is 1.75. The van der Waals surface area contributed by atoms with Crippen molar-refractivity contribution in [3.63, 3.8) is 0 Å². The summed E-state index contributed by atoms with van der Waals surface area (Å²) < 4.78 is 141. The second kappa shape index (κ2) is 34.5. The van der Waals surface area contributed by atoms with Crippen LogP contribution in [0, 0.1) is 52.7 Å². The Morgan fingerprint density at radius 1 is 0.495 bits per heavy atom. The van der Waals surface area contributed by atoms with Crippen LogP contribution in [0.15, 0.2) is 96.9 Å². The number of ketones is 3. The molecule has 32 heteroatoms. The van der Waals surface area contributed by atoms with Gasteiger partial charge in [0.1, 0.15) is 39.7 Å². The molecule has 8 heterocycles. The highest BCUT2D eigenvalue weighted by atomic mass is 32.1. The van der Waals surface area contributed by atoms with Crippen LogP contribution < -0.4 is 44.4 Å². The summed E-state index contributed by atoms with van der Waals surface area (Å²) in [6.45, 7) is 13.3. The van der Waals surface area contributed by atoms with Crippen LogP contribution in [0.2, 0.25) is 0 Å². The number of furan rings is 1. The molecular formula is C73H71F6N9O16S. The maximum Gasteiger partial charge on any atom is 0.243 e. The topological polar surface area (TPSA) is 312 Å². The van der Waals surface area contributed by atoms with Gasteiger partial charge in [-0.15, -0.1) is 11.3 Å². The lowest BCUT2D eigenvalue weighted by Gasteiger charge is -2.31. The first kappa shape index (κ1) is 76.7. The van der Waals surface area contributed by atoms with Crippen LogP contribution in [0.25, 0.3) is 27.4 Å². The summed E-state index contributed by atoms with van der Waals surface area (Å²) in [6.07, 6.45) is 13.1. The van der Waals surface area contributed by atoms with Gasteiger partial charge in [-0.05, 0) is 49.6 Å². The van der Waals surface area contributed by atoms with E-state index in [1.54, 1.807) is 12.4 Å². The van der Waals surface area contributed by atoms with Gasteiger partial charge in [-0.3, -0.25) is 28.8 Å². The summed E-state index contributed by atoms with van der Waals surface area (Å²) in [6, 6.07) is 5.53. The highest BCUT2D eigenvalue weighted by Gasteiger charge is 2.36. The van der Waals surface area contributed by atoms with Gasteiger partial charge in [0.15, 0.2) is 86.5 Å². The van der Waals surface area contributed by atoms with E-state index in [9.17, 15) is 55.1 Å². The number of rotatable bonds is 24. The molecule has 0 saturated carbocycles. The number of benzene rings is 3. The molecule has 552 valence electrons. The standard InChI is InChI=1S/C25H25F2N3O5.C24H23F2N3O6.C24H23F2N3O5S/c1-4-21(31)30-16-5-6-35-12-15(16)9-20-28-11-14-7-13(8-17(14)29-20)25(32)22-23(26)18(33-2)10-19(34-3)24(22)27;2*1-4-20(30)29-13-5-6-34-11-12(13)7-19-27-10-18-14(28-19)8-17(35-18)24(31)21-22(25)15(32-2)9-16(33-3)23(21)26/h4,8,10-11,15-16H,1,5-7,9,12H2,2-3H3,(H,30,31);2*4,8-10,12-13H,1,5-7,11H2,2-3H3,(H,29,30). The van der Waals surface area contributed by atoms with Gasteiger partial charge in [-0.25, -0.2) is 56.2 Å². The second-order valence-corrected chi connectivity index (χ2v) is 25.2. The zero-order valence-corrected chi connectivity index (χ0v) is 58.4. The van der Waals surface area contributed by atoms with Gasteiger partial charge in [0.25, 0.3) is 0 Å². The van der Waals surface area contributed by atoms with E-state index in [1.165, 1.54) is 85.3 Å². The van der Waals surface area contributed by atoms with Crippen molar-refractivity contribution in [3.05, 3.63) is 183 Å². The molecule has 0 spiro atoms. The molecule has 8 aromatic rings. The van der Waals surface area contributed by atoms with Crippen molar-refractivity contribution in [2.45, 2.75) is 63.1 Å². The van der Waals surface area contributed by atoms with Crippen LogP contribution in [-0.4, -0.2) is 165 Å². The number of halogens is 6. The number of nitrogens with zero attached hydrogens (tertiary/aromatic N) is 6. The van der Waals surface area contributed by atoms with E-state index in [0.29, 0.717) is 117 Å². The van der Waals surface area contributed by atoms with Crippen molar-refractivity contribution in [2.24, 2.45) is 17.8 Å². The number of hydrogen-bond acceptors (Lipinski definition) is 23. The van der Waals surface area contributed by atoms with Crippen LogP contribution >= 0.6 is 11.3 Å². The molecule has 3 fully saturated rings. The Labute approximate surface area is 600 Å². The summed E-state index contributed by atoms with van der Waals surface area (Å²) in [5.74, 6) is -11.2. The Kier molecular flexibility index (Phi) is 25.2. The first-order chi connectivity index (χ1) is 50.6. The number of aromatic nitrogens is 6. The molecule has 3 aliphatic heterocycles. The molecule has 6 unspecified atom stereocenters. The first-order valence-electron chi connectivity index (χ1n) is 32.6. The number of amides is 3. The van der Waals surface area contributed by atoms with E-state index in [0.717, 1.165) is 29.5 Å². The number of hydrogen-bond donors (Lipinski definition) is 3. The van der Waals surface area contributed by atoms with E-state index in [-0.39, 0.29) is 122 Å². The maximum atomic E-state index is 14.8. The maximum absolute atomic E-state index is 14.8.